The van der Waals surface area contributed by atoms with Crippen molar-refractivity contribution in [2.24, 2.45) is 16.8 Å². The second kappa shape index (κ2) is 6.97. The highest BCUT2D eigenvalue weighted by Crippen LogP contribution is 2.36. The van der Waals surface area contributed by atoms with Gasteiger partial charge in [0, 0.05) is 11.5 Å². The number of hydrogen-bond acceptors (Lipinski definition) is 4. The molecule has 0 radical (unpaired) electrons. The van der Waals surface area contributed by atoms with E-state index in [-0.39, 0.29) is 11.8 Å². The number of rotatable bonds is 2. The van der Waals surface area contributed by atoms with Crippen LogP contribution in [0.4, 0.5) is 5.69 Å². The Morgan fingerprint density at radius 1 is 1.04 bits per heavy atom. The van der Waals surface area contributed by atoms with Gasteiger partial charge in [0.15, 0.2) is 0 Å². The Kier molecular flexibility index (Phi) is 4.53. The molecule has 1 amide bonds. The molecule has 2 aromatic carbocycles. The standard InChI is InChI=1S/C20H18N2O3S/c23-20(22-24)14-11-9-13(10-12-14)19-15-5-1-3-7-17(15)26(25)18-8-4-2-6-16(18)21-19/h1-9,11,13-14,24H,10,12H2,(H,22,23). The average Bonchev–Trinajstić information content (AvgIpc) is 2.83. The van der Waals surface area contributed by atoms with Crippen LogP contribution in [0.25, 0.3) is 0 Å². The van der Waals surface area contributed by atoms with Gasteiger partial charge in [0.05, 0.1) is 37.9 Å². The van der Waals surface area contributed by atoms with Gasteiger partial charge in [0.1, 0.15) is 0 Å². The van der Waals surface area contributed by atoms with Crippen LogP contribution in [0, 0.1) is 11.8 Å². The summed E-state index contributed by atoms with van der Waals surface area (Å²) in [4.78, 5) is 18.0. The zero-order chi connectivity index (χ0) is 18.1. The number of para-hydroxylation sites is 1. The van der Waals surface area contributed by atoms with Crippen LogP contribution in [0.2, 0.25) is 0 Å². The van der Waals surface area contributed by atoms with Crippen LogP contribution in [0.5, 0.6) is 0 Å². The van der Waals surface area contributed by atoms with Gasteiger partial charge in [-0.15, -0.1) is 0 Å². The van der Waals surface area contributed by atoms with Crippen LogP contribution < -0.4 is 5.48 Å². The van der Waals surface area contributed by atoms with Crippen molar-refractivity contribution in [3.05, 3.63) is 66.2 Å². The minimum absolute atomic E-state index is 0.0297. The van der Waals surface area contributed by atoms with Gasteiger partial charge in [-0.1, -0.05) is 42.5 Å². The maximum Gasteiger partial charge on any atom is 0.250 e. The molecule has 0 aromatic heterocycles. The molecule has 6 heteroatoms. The molecule has 3 unspecified atom stereocenters. The molecule has 2 N–H and O–H groups in total. The number of aliphatic imine (C=N–C) groups is 1. The summed E-state index contributed by atoms with van der Waals surface area (Å²) < 4.78 is 13.1. The van der Waals surface area contributed by atoms with E-state index in [0.717, 1.165) is 28.3 Å². The number of hydrogen-bond donors (Lipinski definition) is 2. The Hall–Kier alpha value is -2.57. The van der Waals surface area contributed by atoms with E-state index in [0.29, 0.717) is 11.3 Å². The summed E-state index contributed by atoms with van der Waals surface area (Å²) in [6.45, 7) is 0. The lowest BCUT2D eigenvalue weighted by Gasteiger charge is -2.23. The van der Waals surface area contributed by atoms with Crippen molar-refractivity contribution in [3.63, 3.8) is 0 Å². The summed E-state index contributed by atoms with van der Waals surface area (Å²) in [5.41, 5.74) is 4.20. The number of nitrogens with zero attached hydrogens (tertiary/aromatic N) is 1. The van der Waals surface area contributed by atoms with Gasteiger partial charge in [0.25, 0.3) is 0 Å². The fourth-order valence-corrected chi connectivity index (χ4v) is 4.80. The first-order chi connectivity index (χ1) is 12.7. The summed E-state index contributed by atoms with van der Waals surface area (Å²) >= 11 is 0. The molecule has 2 aliphatic rings. The van der Waals surface area contributed by atoms with Crippen molar-refractivity contribution in [2.75, 3.05) is 0 Å². The van der Waals surface area contributed by atoms with Gasteiger partial charge in [-0.2, -0.15) is 0 Å². The van der Waals surface area contributed by atoms with E-state index in [4.69, 9.17) is 10.2 Å². The van der Waals surface area contributed by atoms with E-state index in [1.807, 2.05) is 60.7 Å². The molecule has 26 heavy (non-hydrogen) atoms. The molecule has 0 spiro atoms. The number of carbonyl (C=O) groups is 1. The zero-order valence-electron chi connectivity index (χ0n) is 14.0. The molecule has 3 atom stereocenters. The molecule has 0 saturated carbocycles. The monoisotopic (exact) mass is 366 g/mol. The summed E-state index contributed by atoms with van der Waals surface area (Å²) in [6.07, 6.45) is 5.14. The highest BCUT2D eigenvalue weighted by Gasteiger charge is 2.29. The summed E-state index contributed by atoms with van der Waals surface area (Å²) in [7, 11) is -1.28. The van der Waals surface area contributed by atoms with Crippen molar-refractivity contribution >= 4 is 28.1 Å². The molecule has 0 fully saturated rings. The molecule has 132 valence electrons. The quantitative estimate of drug-likeness (QED) is 0.486. The first-order valence-electron chi connectivity index (χ1n) is 8.50. The van der Waals surface area contributed by atoms with Gasteiger partial charge < -0.3 is 0 Å². The number of amides is 1. The van der Waals surface area contributed by atoms with Crippen LogP contribution >= 0.6 is 0 Å². The number of benzene rings is 2. The molecular weight excluding hydrogens is 348 g/mol. The molecule has 2 aromatic rings. The van der Waals surface area contributed by atoms with Gasteiger partial charge in [-0.05, 0) is 31.0 Å². The molecule has 0 bridgehead atoms. The van der Waals surface area contributed by atoms with Crippen LogP contribution in [0.3, 0.4) is 0 Å². The van der Waals surface area contributed by atoms with Crippen LogP contribution in [0.15, 0.2) is 75.5 Å². The molecule has 5 nitrogen and oxygen atoms in total. The van der Waals surface area contributed by atoms with E-state index >= 15 is 0 Å². The van der Waals surface area contributed by atoms with Gasteiger partial charge in [-0.25, -0.2) is 9.69 Å². The normalized spacial score (nSPS) is 24.0. The number of hydroxylamine groups is 1. The smallest absolute Gasteiger partial charge is 0.250 e. The van der Waals surface area contributed by atoms with E-state index in [1.54, 1.807) is 5.48 Å². The predicted molar refractivity (Wildman–Crippen MR) is 99.0 cm³/mol. The Morgan fingerprint density at radius 2 is 1.77 bits per heavy atom. The summed E-state index contributed by atoms with van der Waals surface area (Å²) in [6, 6.07) is 15.2. The molecule has 0 saturated heterocycles. The molecule has 1 aliphatic heterocycles. The Morgan fingerprint density at radius 3 is 2.50 bits per heavy atom. The summed E-state index contributed by atoms with van der Waals surface area (Å²) in [5, 5.41) is 8.82. The second-order valence-corrected chi connectivity index (χ2v) is 7.80. The highest BCUT2D eigenvalue weighted by molar-refractivity contribution is 7.85. The lowest BCUT2D eigenvalue weighted by molar-refractivity contribution is -0.132. The van der Waals surface area contributed by atoms with Crippen molar-refractivity contribution in [2.45, 2.75) is 22.6 Å². The van der Waals surface area contributed by atoms with E-state index < -0.39 is 16.7 Å². The minimum atomic E-state index is -1.28. The first kappa shape index (κ1) is 16.9. The Bertz CT molecular complexity index is 952. The minimum Gasteiger partial charge on any atom is -0.289 e. The predicted octanol–water partition coefficient (Wildman–Crippen LogP) is 3.38. The topological polar surface area (TPSA) is 78.8 Å². The van der Waals surface area contributed by atoms with Crippen LogP contribution in [-0.2, 0) is 15.6 Å². The SMILES string of the molecule is O=C(NO)C1C=CC(C2=Nc3ccccc3S(=O)c3ccccc32)CC1. The van der Waals surface area contributed by atoms with Crippen LogP contribution in [-0.4, -0.2) is 21.0 Å². The Labute approximate surface area is 153 Å². The molecule has 1 aliphatic carbocycles. The highest BCUT2D eigenvalue weighted by atomic mass is 32.2. The maximum absolute atomic E-state index is 13.1. The third kappa shape index (κ3) is 2.91. The van der Waals surface area contributed by atoms with E-state index in [1.165, 1.54) is 0 Å². The first-order valence-corrected chi connectivity index (χ1v) is 9.65. The third-order valence-electron chi connectivity index (χ3n) is 4.83. The average molecular weight is 366 g/mol. The maximum atomic E-state index is 13.1. The van der Waals surface area contributed by atoms with Gasteiger partial charge >= 0.3 is 0 Å². The lowest BCUT2D eigenvalue weighted by Crippen LogP contribution is -2.30. The summed E-state index contributed by atoms with van der Waals surface area (Å²) in [5.74, 6) is -0.698. The largest absolute Gasteiger partial charge is 0.289 e. The van der Waals surface area contributed by atoms with Crippen molar-refractivity contribution in [1.29, 1.82) is 0 Å². The number of nitrogens with one attached hydrogen (secondary N) is 1. The van der Waals surface area contributed by atoms with E-state index in [2.05, 4.69) is 0 Å². The van der Waals surface area contributed by atoms with E-state index in [9.17, 15) is 9.00 Å². The molecular formula is C20H18N2O3S. The van der Waals surface area contributed by atoms with Crippen molar-refractivity contribution < 1.29 is 14.2 Å². The van der Waals surface area contributed by atoms with Crippen molar-refractivity contribution in [3.8, 4) is 0 Å². The number of allylic oxidation sites excluding steroid dienone is 1. The molecule has 4 rings (SSSR count). The number of carbonyl (C=O) groups excluding carboxylic acids is 1. The van der Waals surface area contributed by atoms with Crippen LogP contribution in [0.1, 0.15) is 18.4 Å². The Balaban J connectivity index is 1.80. The number of fused-ring (bicyclic) bond motifs is 2. The zero-order valence-corrected chi connectivity index (χ0v) is 14.8. The third-order valence-corrected chi connectivity index (χ3v) is 6.33. The fraction of sp³-hybridized carbons (Fsp3) is 0.200. The molecule has 1 heterocycles. The van der Waals surface area contributed by atoms with Gasteiger partial charge in [0.2, 0.25) is 5.91 Å². The lowest BCUT2D eigenvalue weighted by atomic mass is 9.83. The van der Waals surface area contributed by atoms with Crippen molar-refractivity contribution in [1.82, 2.24) is 5.48 Å². The fourth-order valence-electron chi connectivity index (χ4n) is 3.49. The second-order valence-electron chi connectivity index (χ2n) is 6.38. The van der Waals surface area contributed by atoms with Gasteiger partial charge in [-0.3, -0.25) is 15.0 Å².